The number of ether oxygens (including phenoxy) is 1. The van der Waals surface area contributed by atoms with Crippen molar-refractivity contribution in [2.45, 2.75) is 46.0 Å². The molecule has 2 aromatic heterocycles. The molecule has 0 aliphatic heterocycles. The molecule has 0 bridgehead atoms. The average Bonchev–Trinajstić information content (AvgIpc) is 3.11. The lowest BCUT2D eigenvalue weighted by Crippen LogP contribution is -2.01. The van der Waals surface area contributed by atoms with E-state index in [-0.39, 0.29) is 0 Å². The van der Waals surface area contributed by atoms with Gasteiger partial charge in [-0.15, -0.1) is 10.2 Å². The van der Waals surface area contributed by atoms with Gasteiger partial charge in [0.1, 0.15) is 12.4 Å². The van der Waals surface area contributed by atoms with E-state index in [2.05, 4.69) is 61.2 Å². The van der Waals surface area contributed by atoms with E-state index >= 15 is 0 Å². The van der Waals surface area contributed by atoms with Gasteiger partial charge in [0.2, 0.25) is 4.96 Å². The lowest BCUT2D eigenvalue weighted by atomic mass is 10.0. The van der Waals surface area contributed by atoms with E-state index in [1.165, 1.54) is 22.5 Å². The summed E-state index contributed by atoms with van der Waals surface area (Å²) in [6.45, 7) is 9.03. The quantitative estimate of drug-likeness (QED) is 0.621. The van der Waals surface area contributed by atoms with Crippen LogP contribution in [-0.2, 0) is 12.4 Å². The van der Waals surface area contributed by atoms with Crippen LogP contribution in [0, 0.1) is 6.92 Å². The van der Waals surface area contributed by atoms with Crippen LogP contribution < -0.4 is 4.74 Å². The maximum atomic E-state index is 6.07. The van der Waals surface area contributed by atoms with Crippen molar-refractivity contribution >= 4 is 28.1 Å². The second-order valence-electron chi connectivity index (χ2n) is 5.93. The molecule has 0 aliphatic rings. The fraction of sp³-hybridized carbons (Fsp3) is 0.471. The minimum atomic E-state index is 0.427. The highest BCUT2D eigenvalue weighted by molar-refractivity contribution is 7.98. The van der Waals surface area contributed by atoms with Crippen LogP contribution in [0.1, 0.15) is 48.6 Å². The molecule has 0 radical (unpaired) electrons. The normalized spacial score (nSPS) is 11.5. The summed E-state index contributed by atoms with van der Waals surface area (Å²) in [7, 11) is 0. The molecule has 0 saturated heterocycles. The van der Waals surface area contributed by atoms with Crippen molar-refractivity contribution in [3.05, 3.63) is 40.2 Å². The van der Waals surface area contributed by atoms with Crippen LogP contribution in [0.2, 0.25) is 0 Å². The molecule has 0 aliphatic carbocycles. The number of aromatic nitrogens is 4. The molecule has 3 aromatic rings. The van der Waals surface area contributed by atoms with Crippen molar-refractivity contribution in [1.29, 1.82) is 0 Å². The number of thioether (sulfide) groups is 1. The summed E-state index contributed by atoms with van der Waals surface area (Å²) < 4.78 is 7.91. The fourth-order valence-corrected chi connectivity index (χ4v) is 3.75. The summed E-state index contributed by atoms with van der Waals surface area (Å²) in [6, 6.07) is 6.37. The van der Waals surface area contributed by atoms with Crippen molar-refractivity contribution in [1.82, 2.24) is 19.8 Å². The van der Waals surface area contributed by atoms with Gasteiger partial charge in [-0.25, -0.2) is 0 Å². The second kappa shape index (κ2) is 7.53. The molecule has 128 valence electrons. The van der Waals surface area contributed by atoms with Gasteiger partial charge in [-0.2, -0.15) is 21.4 Å². The number of nitrogens with zero attached hydrogens (tertiary/aromatic N) is 4. The maximum absolute atomic E-state index is 6.07. The summed E-state index contributed by atoms with van der Waals surface area (Å²) in [5, 5.41) is 13.9. The third-order valence-corrected chi connectivity index (χ3v) is 5.42. The third kappa shape index (κ3) is 3.72. The SMILES string of the molecule is CCSCc1nnc2sc(COc3cc(C)ccc3C(C)C)nn12. The number of hydrogen-bond donors (Lipinski definition) is 0. The molecule has 5 nitrogen and oxygen atoms in total. The summed E-state index contributed by atoms with van der Waals surface area (Å²) in [5.41, 5.74) is 2.43. The average molecular weight is 363 g/mol. The molecule has 3 rings (SSSR count). The fourth-order valence-electron chi connectivity index (χ4n) is 2.42. The van der Waals surface area contributed by atoms with E-state index in [4.69, 9.17) is 4.74 Å². The van der Waals surface area contributed by atoms with Crippen LogP contribution in [-0.4, -0.2) is 25.6 Å². The Labute approximate surface area is 150 Å². The molecule has 1 aromatic carbocycles. The molecule has 0 amide bonds. The Balaban J connectivity index is 1.76. The van der Waals surface area contributed by atoms with Crippen LogP contribution in [0.3, 0.4) is 0 Å². The van der Waals surface area contributed by atoms with Gasteiger partial charge in [0.05, 0.1) is 5.75 Å². The first-order valence-electron chi connectivity index (χ1n) is 8.09. The van der Waals surface area contributed by atoms with Crippen LogP contribution in [0.25, 0.3) is 4.96 Å². The molecular weight excluding hydrogens is 340 g/mol. The molecular formula is C17H22N4OS2. The topological polar surface area (TPSA) is 52.3 Å². The summed E-state index contributed by atoms with van der Waals surface area (Å²) in [4.78, 5) is 0.827. The van der Waals surface area contributed by atoms with Crippen molar-refractivity contribution in [3.63, 3.8) is 0 Å². The third-order valence-electron chi connectivity index (χ3n) is 3.67. The molecule has 0 saturated carbocycles. The lowest BCUT2D eigenvalue weighted by Gasteiger charge is -2.14. The molecule has 7 heteroatoms. The van der Waals surface area contributed by atoms with Gasteiger partial charge in [-0.05, 0) is 35.8 Å². The number of benzene rings is 1. The number of hydrogen-bond acceptors (Lipinski definition) is 6. The smallest absolute Gasteiger partial charge is 0.234 e. The van der Waals surface area contributed by atoms with Gasteiger partial charge in [0.25, 0.3) is 0 Å². The first-order chi connectivity index (χ1) is 11.6. The van der Waals surface area contributed by atoms with Crippen LogP contribution >= 0.6 is 23.1 Å². The highest BCUT2D eigenvalue weighted by Crippen LogP contribution is 2.28. The molecule has 2 heterocycles. The number of rotatable bonds is 7. The summed E-state index contributed by atoms with van der Waals surface area (Å²) >= 11 is 3.35. The molecule has 0 spiro atoms. The van der Waals surface area contributed by atoms with E-state index in [0.29, 0.717) is 12.5 Å². The zero-order valence-electron chi connectivity index (χ0n) is 14.4. The van der Waals surface area contributed by atoms with Gasteiger partial charge in [-0.3, -0.25) is 0 Å². The van der Waals surface area contributed by atoms with Crippen molar-refractivity contribution in [2.24, 2.45) is 0 Å². The summed E-state index contributed by atoms with van der Waals surface area (Å²) in [6.07, 6.45) is 0. The van der Waals surface area contributed by atoms with Crippen molar-refractivity contribution in [3.8, 4) is 5.75 Å². The van der Waals surface area contributed by atoms with E-state index in [9.17, 15) is 0 Å². The van der Waals surface area contributed by atoms with Gasteiger partial charge < -0.3 is 4.74 Å². The predicted molar refractivity (Wildman–Crippen MR) is 100 cm³/mol. The van der Waals surface area contributed by atoms with E-state index in [1.54, 1.807) is 0 Å². The van der Waals surface area contributed by atoms with Crippen molar-refractivity contribution in [2.75, 3.05) is 5.75 Å². The van der Waals surface area contributed by atoms with Gasteiger partial charge in [-0.1, -0.05) is 44.2 Å². The first-order valence-corrected chi connectivity index (χ1v) is 10.1. The predicted octanol–water partition coefficient (Wildman–Crippen LogP) is 4.45. The second-order valence-corrected chi connectivity index (χ2v) is 8.24. The van der Waals surface area contributed by atoms with E-state index < -0.39 is 0 Å². The Kier molecular flexibility index (Phi) is 5.40. The largest absolute Gasteiger partial charge is 0.486 e. The molecule has 0 fully saturated rings. The Morgan fingerprint density at radius 3 is 2.88 bits per heavy atom. The first kappa shape index (κ1) is 17.2. The Morgan fingerprint density at radius 2 is 2.12 bits per heavy atom. The van der Waals surface area contributed by atoms with E-state index in [0.717, 1.165) is 33.0 Å². The maximum Gasteiger partial charge on any atom is 0.234 e. The number of fused-ring (bicyclic) bond motifs is 1. The van der Waals surface area contributed by atoms with Crippen molar-refractivity contribution < 1.29 is 4.74 Å². The molecule has 0 N–H and O–H groups in total. The van der Waals surface area contributed by atoms with Gasteiger partial charge >= 0.3 is 0 Å². The Morgan fingerprint density at radius 1 is 1.29 bits per heavy atom. The van der Waals surface area contributed by atoms with Gasteiger partial charge in [0, 0.05) is 0 Å². The minimum absolute atomic E-state index is 0.427. The van der Waals surface area contributed by atoms with Crippen LogP contribution in [0.4, 0.5) is 0 Å². The zero-order chi connectivity index (χ0) is 17.1. The monoisotopic (exact) mass is 362 g/mol. The Bertz CT molecular complexity index is 825. The number of aryl methyl sites for hydroxylation is 1. The standard InChI is InChI=1S/C17H22N4OS2/c1-5-23-10-15-18-19-17-21(15)20-16(24-17)9-22-14-8-12(4)6-7-13(14)11(2)3/h6-8,11H,5,9-10H2,1-4H3. The highest BCUT2D eigenvalue weighted by atomic mass is 32.2. The zero-order valence-corrected chi connectivity index (χ0v) is 16.1. The van der Waals surface area contributed by atoms with E-state index in [1.807, 2.05) is 16.3 Å². The molecule has 0 unspecified atom stereocenters. The lowest BCUT2D eigenvalue weighted by molar-refractivity contribution is 0.299. The van der Waals surface area contributed by atoms with Crippen LogP contribution in [0.5, 0.6) is 5.75 Å². The summed E-state index contributed by atoms with van der Waals surface area (Å²) in [5.74, 6) is 4.16. The molecule has 0 atom stereocenters. The van der Waals surface area contributed by atoms with Crippen LogP contribution in [0.15, 0.2) is 18.2 Å². The highest BCUT2D eigenvalue weighted by Gasteiger charge is 2.13. The Hall–Kier alpha value is -1.60. The van der Waals surface area contributed by atoms with Gasteiger partial charge in [0.15, 0.2) is 10.8 Å². The minimum Gasteiger partial charge on any atom is -0.486 e. The molecule has 24 heavy (non-hydrogen) atoms.